The van der Waals surface area contributed by atoms with Crippen molar-refractivity contribution >= 4 is 51.1 Å². The topological polar surface area (TPSA) is 76.1 Å². The SMILES string of the molecule is N#CC(=Cc1ccc(OCc2ccc(Cl)cc2Cl)c(Br)c1)C(N)=O. The second-order valence-electron chi connectivity index (χ2n) is 4.75. The summed E-state index contributed by atoms with van der Waals surface area (Å²) in [4.78, 5) is 11.1. The van der Waals surface area contributed by atoms with E-state index in [9.17, 15) is 4.79 Å². The van der Waals surface area contributed by atoms with Gasteiger partial charge in [0.25, 0.3) is 5.91 Å². The van der Waals surface area contributed by atoms with Gasteiger partial charge < -0.3 is 10.5 Å². The van der Waals surface area contributed by atoms with Gasteiger partial charge in [-0.3, -0.25) is 4.79 Å². The molecule has 24 heavy (non-hydrogen) atoms. The van der Waals surface area contributed by atoms with Gasteiger partial charge in [0.2, 0.25) is 0 Å². The number of amides is 1. The molecule has 2 aromatic rings. The van der Waals surface area contributed by atoms with Crippen LogP contribution in [0.15, 0.2) is 46.4 Å². The first-order chi connectivity index (χ1) is 11.4. The molecule has 0 heterocycles. The second kappa shape index (κ2) is 8.20. The molecule has 0 spiro atoms. The van der Waals surface area contributed by atoms with Gasteiger partial charge >= 0.3 is 0 Å². The van der Waals surface area contributed by atoms with E-state index in [0.717, 1.165) is 5.56 Å². The molecule has 0 radical (unpaired) electrons. The summed E-state index contributed by atoms with van der Waals surface area (Å²) in [7, 11) is 0. The van der Waals surface area contributed by atoms with Gasteiger partial charge in [-0.2, -0.15) is 5.26 Å². The van der Waals surface area contributed by atoms with Crippen LogP contribution < -0.4 is 10.5 Å². The van der Waals surface area contributed by atoms with E-state index < -0.39 is 5.91 Å². The molecule has 0 saturated carbocycles. The Labute approximate surface area is 157 Å². The van der Waals surface area contributed by atoms with Crippen molar-refractivity contribution in [3.8, 4) is 11.8 Å². The molecule has 0 unspecified atom stereocenters. The van der Waals surface area contributed by atoms with Gasteiger partial charge in [0.05, 0.1) is 4.47 Å². The highest BCUT2D eigenvalue weighted by Crippen LogP contribution is 2.29. The van der Waals surface area contributed by atoms with Crippen LogP contribution in [0.2, 0.25) is 10.0 Å². The quantitative estimate of drug-likeness (QED) is 0.555. The van der Waals surface area contributed by atoms with E-state index in [0.29, 0.717) is 25.8 Å². The molecule has 0 aliphatic carbocycles. The Balaban J connectivity index is 2.16. The molecule has 2 rings (SSSR count). The molecule has 0 aliphatic heterocycles. The molecule has 2 aromatic carbocycles. The molecular weight excluding hydrogens is 415 g/mol. The molecule has 1 amide bonds. The van der Waals surface area contributed by atoms with E-state index in [-0.39, 0.29) is 12.2 Å². The number of halogens is 3. The molecule has 7 heteroatoms. The van der Waals surface area contributed by atoms with Gasteiger partial charge in [-0.05, 0) is 51.8 Å². The molecule has 2 N–H and O–H groups in total. The molecule has 0 aliphatic rings. The molecular formula is C17H11BrCl2N2O2. The van der Waals surface area contributed by atoms with Crippen LogP contribution in [-0.2, 0) is 11.4 Å². The first-order valence-electron chi connectivity index (χ1n) is 6.68. The summed E-state index contributed by atoms with van der Waals surface area (Å²) in [6.07, 6.45) is 1.41. The number of hydrogen-bond donors (Lipinski definition) is 1. The fourth-order valence-corrected chi connectivity index (χ4v) is 2.82. The average Bonchev–Trinajstić information content (AvgIpc) is 2.53. The van der Waals surface area contributed by atoms with E-state index in [4.69, 9.17) is 38.9 Å². The lowest BCUT2D eigenvalue weighted by Gasteiger charge is -2.10. The van der Waals surface area contributed by atoms with Crippen molar-refractivity contribution in [2.24, 2.45) is 5.73 Å². The maximum absolute atomic E-state index is 11.1. The Kier molecular flexibility index (Phi) is 6.27. The number of nitrogens with two attached hydrogens (primary N) is 1. The highest BCUT2D eigenvalue weighted by molar-refractivity contribution is 9.10. The highest BCUT2D eigenvalue weighted by Gasteiger charge is 2.07. The summed E-state index contributed by atoms with van der Waals surface area (Å²) in [6.45, 7) is 0.272. The Hall–Kier alpha value is -2.00. The lowest BCUT2D eigenvalue weighted by atomic mass is 10.1. The van der Waals surface area contributed by atoms with Gasteiger partial charge in [0.15, 0.2) is 0 Å². The molecule has 122 valence electrons. The first-order valence-corrected chi connectivity index (χ1v) is 8.23. The van der Waals surface area contributed by atoms with Crippen LogP contribution in [0.5, 0.6) is 5.75 Å². The van der Waals surface area contributed by atoms with Gasteiger partial charge in [0.1, 0.15) is 24.0 Å². The summed E-state index contributed by atoms with van der Waals surface area (Å²) < 4.78 is 6.40. The van der Waals surface area contributed by atoms with E-state index in [2.05, 4.69) is 15.9 Å². The predicted octanol–water partition coefficient (Wildman–Crippen LogP) is 4.73. The lowest BCUT2D eigenvalue weighted by molar-refractivity contribution is -0.114. The smallest absolute Gasteiger partial charge is 0.259 e. The van der Waals surface area contributed by atoms with Crippen LogP contribution in [0.1, 0.15) is 11.1 Å². The summed E-state index contributed by atoms with van der Waals surface area (Å²) in [6, 6.07) is 12.1. The van der Waals surface area contributed by atoms with E-state index in [1.807, 2.05) is 0 Å². The van der Waals surface area contributed by atoms with Crippen molar-refractivity contribution in [1.82, 2.24) is 0 Å². The number of nitrogens with zero attached hydrogens (tertiary/aromatic N) is 1. The number of ether oxygens (including phenoxy) is 1. The number of rotatable bonds is 5. The lowest BCUT2D eigenvalue weighted by Crippen LogP contribution is -2.12. The number of primary amides is 1. The summed E-state index contributed by atoms with van der Waals surface area (Å²) in [5.41, 5.74) is 6.44. The van der Waals surface area contributed by atoms with Crippen LogP contribution in [-0.4, -0.2) is 5.91 Å². The maximum Gasteiger partial charge on any atom is 0.259 e. The zero-order valence-electron chi connectivity index (χ0n) is 12.2. The first kappa shape index (κ1) is 18.3. The third-order valence-corrected chi connectivity index (χ3v) is 4.26. The molecule has 0 atom stereocenters. The van der Waals surface area contributed by atoms with Crippen molar-refractivity contribution in [3.63, 3.8) is 0 Å². The van der Waals surface area contributed by atoms with Crippen LogP contribution in [0, 0.1) is 11.3 Å². The van der Waals surface area contributed by atoms with Crippen molar-refractivity contribution in [2.75, 3.05) is 0 Å². The number of carbonyl (C=O) groups is 1. The Morgan fingerprint density at radius 3 is 2.62 bits per heavy atom. The normalized spacial score (nSPS) is 11.0. The second-order valence-corrected chi connectivity index (χ2v) is 6.45. The third-order valence-electron chi connectivity index (χ3n) is 3.05. The van der Waals surface area contributed by atoms with Crippen LogP contribution in [0.4, 0.5) is 0 Å². The largest absolute Gasteiger partial charge is 0.488 e. The Morgan fingerprint density at radius 1 is 1.29 bits per heavy atom. The van der Waals surface area contributed by atoms with Gasteiger partial charge in [-0.1, -0.05) is 35.3 Å². The third kappa shape index (κ3) is 4.75. The van der Waals surface area contributed by atoms with Gasteiger partial charge in [-0.25, -0.2) is 0 Å². The summed E-state index contributed by atoms with van der Waals surface area (Å²) in [5.74, 6) is -0.179. The van der Waals surface area contributed by atoms with Crippen LogP contribution >= 0.6 is 39.1 Å². The summed E-state index contributed by atoms with van der Waals surface area (Å²) >= 11 is 15.4. The Bertz CT molecular complexity index is 860. The number of benzene rings is 2. The van der Waals surface area contributed by atoms with Crippen molar-refractivity contribution in [1.29, 1.82) is 5.26 Å². The monoisotopic (exact) mass is 424 g/mol. The van der Waals surface area contributed by atoms with Crippen molar-refractivity contribution in [2.45, 2.75) is 6.61 Å². The molecule has 0 bridgehead atoms. The number of hydrogen-bond acceptors (Lipinski definition) is 3. The molecule has 0 saturated heterocycles. The van der Waals surface area contributed by atoms with Crippen molar-refractivity contribution in [3.05, 3.63) is 67.6 Å². The maximum atomic E-state index is 11.1. The number of carbonyl (C=O) groups excluding carboxylic acids is 1. The fraction of sp³-hybridized carbons (Fsp3) is 0.0588. The predicted molar refractivity (Wildman–Crippen MR) is 97.7 cm³/mol. The minimum atomic E-state index is -0.772. The number of nitriles is 1. The van der Waals surface area contributed by atoms with E-state index in [1.165, 1.54) is 6.08 Å². The van der Waals surface area contributed by atoms with Crippen LogP contribution in [0.25, 0.3) is 6.08 Å². The van der Waals surface area contributed by atoms with Crippen LogP contribution in [0.3, 0.4) is 0 Å². The van der Waals surface area contributed by atoms with Crippen molar-refractivity contribution < 1.29 is 9.53 Å². The van der Waals surface area contributed by atoms with E-state index in [1.54, 1.807) is 42.5 Å². The molecule has 0 fully saturated rings. The molecule has 0 aromatic heterocycles. The zero-order valence-corrected chi connectivity index (χ0v) is 15.3. The fourth-order valence-electron chi connectivity index (χ4n) is 1.84. The molecule has 4 nitrogen and oxygen atoms in total. The minimum absolute atomic E-state index is 0.122. The average molecular weight is 426 g/mol. The summed E-state index contributed by atoms with van der Waals surface area (Å²) in [5, 5.41) is 9.95. The Morgan fingerprint density at radius 2 is 2.04 bits per heavy atom. The standard InChI is InChI=1S/C17H11BrCl2N2O2/c18-14-6-10(5-12(8-21)17(22)23)1-4-16(14)24-9-11-2-3-13(19)7-15(11)20/h1-7H,9H2,(H2,22,23). The zero-order chi connectivity index (χ0) is 17.7. The van der Waals surface area contributed by atoms with E-state index >= 15 is 0 Å². The highest BCUT2D eigenvalue weighted by atomic mass is 79.9. The van der Waals surface area contributed by atoms with Gasteiger partial charge in [0, 0.05) is 15.6 Å². The van der Waals surface area contributed by atoms with Gasteiger partial charge in [-0.15, -0.1) is 0 Å². The minimum Gasteiger partial charge on any atom is -0.488 e.